The average Bonchev–Trinajstić information content (AvgIpc) is 3.47. The summed E-state index contributed by atoms with van der Waals surface area (Å²) in [6.07, 6.45) is 0.876. The van der Waals surface area contributed by atoms with Crippen LogP contribution >= 0.6 is 0 Å². The third-order valence-corrected chi connectivity index (χ3v) is 6.05. The number of aromatic nitrogens is 2. The zero-order valence-corrected chi connectivity index (χ0v) is 18.2. The number of hydrogen-bond donors (Lipinski definition) is 3. The van der Waals surface area contributed by atoms with Gasteiger partial charge in [-0.05, 0) is 38.0 Å². The number of hydrogen-bond acceptors (Lipinski definition) is 6. The van der Waals surface area contributed by atoms with Crippen LogP contribution in [0.4, 0.5) is 25.5 Å². The number of ether oxygens (including phenoxy) is 1. The van der Waals surface area contributed by atoms with Gasteiger partial charge < -0.3 is 25.4 Å². The molecule has 1 aliphatic carbocycles. The highest BCUT2D eigenvalue weighted by molar-refractivity contribution is 5.90. The second kappa shape index (κ2) is 8.47. The molecule has 3 heterocycles. The van der Waals surface area contributed by atoms with Crippen LogP contribution < -0.4 is 15.5 Å². The van der Waals surface area contributed by atoms with E-state index in [-0.39, 0.29) is 42.6 Å². The van der Waals surface area contributed by atoms with E-state index in [4.69, 9.17) is 4.74 Å². The molecule has 2 aromatic rings. The molecule has 2 fully saturated rings. The van der Waals surface area contributed by atoms with Crippen molar-refractivity contribution in [2.24, 2.45) is 0 Å². The molecule has 0 bridgehead atoms. The first-order chi connectivity index (χ1) is 15.9. The van der Waals surface area contributed by atoms with Crippen molar-refractivity contribution < 1.29 is 23.8 Å². The topological polar surface area (TPSA) is 120 Å². The van der Waals surface area contributed by atoms with E-state index in [9.17, 15) is 14.7 Å². The fourth-order valence-electron chi connectivity index (χ4n) is 4.13. The van der Waals surface area contributed by atoms with Crippen LogP contribution in [-0.4, -0.2) is 63.9 Å². The van der Waals surface area contributed by atoms with Gasteiger partial charge in [0.05, 0.1) is 43.6 Å². The molecule has 3 amide bonds. The summed E-state index contributed by atoms with van der Waals surface area (Å²) in [7, 11) is 0. The van der Waals surface area contributed by atoms with Gasteiger partial charge in [-0.3, -0.25) is 4.90 Å². The molecule has 174 valence electrons. The lowest BCUT2D eigenvalue weighted by Gasteiger charge is -2.35. The fraction of sp³-hybridized carbons (Fsp3) is 0.455. The van der Waals surface area contributed by atoms with Gasteiger partial charge in [-0.1, -0.05) is 0 Å². The SMILES string of the molecule is CC1COCCN1c1nc(-c2ccc(NC(=O)NC3CC3)cc2F)nc2c1CN(C(=O)O)C2. The normalized spacial score (nSPS) is 19.9. The van der Waals surface area contributed by atoms with Crippen LogP contribution in [0.2, 0.25) is 0 Å². The number of fused-ring (bicyclic) bond motifs is 1. The summed E-state index contributed by atoms with van der Waals surface area (Å²) in [6, 6.07) is 4.23. The third kappa shape index (κ3) is 4.40. The zero-order chi connectivity index (χ0) is 23.1. The van der Waals surface area contributed by atoms with E-state index in [0.29, 0.717) is 37.0 Å². The van der Waals surface area contributed by atoms with Crippen LogP contribution in [0.5, 0.6) is 0 Å². The van der Waals surface area contributed by atoms with Crippen LogP contribution in [0.1, 0.15) is 31.0 Å². The smallest absolute Gasteiger partial charge is 0.407 e. The highest BCUT2D eigenvalue weighted by Crippen LogP contribution is 2.34. The Morgan fingerprint density at radius 1 is 1.24 bits per heavy atom. The van der Waals surface area contributed by atoms with Gasteiger partial charge in [0.1, 0.15) is 11.6 Å². The minimum absolute atomic E-state index is 0.0332. The molecule has 1 unspecified atom stereocenters. The van der Waals surface area contributed by atoms with Crippen molar-refractivity contribution in [3.63, 3.8) is 0 Å². The average molecular weight is 456 g/mol. The number of rotatable bonds is 4. The number of anilines is 2. The molecule has 3 aliphatic rings. The molecule has 1 saturated carbocycles. The number of nitrogens with zero attached hydrogens (tertiary/aromatic N) is 4. The summed E-state index contributed by atoms with van der Waals surface area (Å²) >= 11 is 0. The summed E-state index contributed by atoms with van der Waals surface area (Å²) < 4.78 is 20.6. The van der Waals surface area contributed by atoms with Gasteiger partial charge in [-0.25, -0.2) is 23.9 Å². The lowest BCUT2D eigenvalue weighted by atomic mass is 10.1. The molecule has 2 aliphatic heterocycles. The number of carboxylic acid groups (broad SMARTS) is 1. The summed E-state index contributed by atoms with van der Waals surface area (Å²) in [5, 5.41) is 14.9. The molecular weight excluding hydrogens is 431 g/mol. The predicted molar refractivity (Wildman–Crippen MR) is 118 cm³/mol. The van der Waals surface area contributed by atoms with E-state index in [1.165, 1.54) is 17.0 Å². The largest absolute Gasteiger partial charge is 0.465 e. The number of nitrogens with one attached hydrogen (secondary N) is 2. The minimum atomic E-state index is -1.04. The van der Waals surface area contributed by atoms with Gasteiger partial charge >= 0.3 is 12.1 Å². The van der Waals surface area contributed by atoms with Crippen molar-refractivity contribution in [3.05, 3.63) is 35.3 Å². The number of morpholine rings is 1. The summed E-state index contributed by atoms with van der Waals surface area (Å²) in [6.45, 7) is 3.96. The Hall–Kier alpha value is -3.47. The number of benzene rings is 1. The molecule has 1 saturated heterocycles. The number of urea groups is 1. The molecular formula is C22H25FN6O4. The molecule has 1 aromatic heterocycles. The summed E-state index contributed by atoms with van der Waals surface area (Å²) in [4.78, 5) is 36.1. The van der Waals surface area contributed by atoms with E-state index >= 15 is 4.39 Å². The number of carbonyl (C=O) groups is 2. The maximum Gasteiger partial charge on any atom is 0.407 e. The second-order valence-corrected chi connectivity index (χ2v) is 8.62. The van der Waals surface area contributed by atoms with E-state index < -0.39 is 11.9 Å². The van der Waals surface area contributed by atoms with Crippen LogP contribution in [0, 0.1) is 5.82 Å². The van der Waals surface area contributed by atoms with Gasteiger partial charge in [-0.2, -0.15) is 0 Å². The molecule has 0 spiro atoms. The monoisotopic (exact) mass is 456 g/mol. The first-order valence-electron chi connectivity index (χ1n) is 11.0. The summed E-state index contributed by atoms with van der Waals surface area (Å²) in [5.41, 5.74) is 1.82. The van der Waals surface area contributed by atoms with Crippen molar-refractivity contribution in [2.45, 2.75) is 44.9 Å². The first-order valence-corrected chi connectivity index (χ1v) is 11.0. The summed E-state index contributed by atoms with van der Waals surface area (Å²) in [5.74, 6) is 0.217. The van der Waals surface area contributed by atoms with Gasteiger partial charge in [0, 0.05) is 23.8 Å². The Kier molecular flexibility index (Phi) is 5.49. The van der Waals surface area contributed by atoms with E-state index in [0.717, 1.165) is 18.4 Å². The molecule has 11 heteroatoms. The van der Waals surface area contributed by atoms with Gasteiger partial charge in [0.25, 0.3) is 0 Å². The molecule has 5 rings (SSSR count). The van der Waals surface area contributed by atoms with Crippen molar-refractivity contribution in [2.75, 3.05) is 30.0 Å². The number of amides is 3. The van der Waals surface area contributed by atoms with Gasteiger partial charge in [-0.15, -0.1) is 0 Å². The first kappa shape index (κ1) is 21.4. The highest BCUT2D eigenvalue weighted by Gasteiger charge is 2.33. The molecule has 10 nitrogen and oxygen atoms in total. The second-order valence-electron chi connectivity index (χ2n) is 8.62. The Morgan fingerprint density at radius 2 is 2.06 bits per heavy atom. The van der Waals surface area contributed by atoms with Gasteiger partial charge in [0.2, 0.25) is 0 Å². The van der Waals surface area contributed by atoms with Crippen molar-refractivity contribution in [1.29, 1.82) is 0 Å². The van der Waals surface area contributed by atoms with Crippen molar-refractivity contribution in [3.8, 4) is 11.4 Å². The van der Waals surface area contributed by atoms with E-state index in [1.54, 1.807) is 6.07 Å². The minimum Gasteiger partial charge on any atom is -0.465 e. The quantitative estimate of drug-likeness (QED) is 0.647. The predicted octanol–water partition coefficient (Wildman–Crippen LogP) is 2.79. The van der Waals surface area contributed by atoms with Crippen LogP contribution in [0.25, 0.3) is 11.4 Å². The van der Waals surface area contributed by atoms with Gasteiger partial charge in [0.15, 0.2) is 5.82 Å². The number of carbonyl (C=O) groups excluding carboxylic acids is 1. The van der Waals surface area contributed by atoms with Crippen LogP contribution in [0.15, 0.2) is 18.2 Å². The Labute approximate surface area is 189 Å². The van der Waals surface area contributed by atoms with Crippen molar-refractivity contribution >= 4 is 23.6 Å². The molecule has 33 heavy (non-hydrogen) atoms. The number of halogens is 1. The maximum atomic E-state index is 15.1. The van der Waals surface area contributed by atoms with E-state index in [1.807, 2.05) is 6.92 Å². The molecule has 0 radical (unpaired) electrons. The molecule has 1 atom stereocenters. The maximum absolute atomic E-state index is 15.1. The molecule has 3 N–H and O–H groups in total. The third-order valence-electron chi connectivity index (χ3n) is 6.05. The highest BCUT2D eigenvalue weighted by atomic mass is 19.1. The van der Waals surface area contributed by atoms with Crippen LogP contribution in [0.3, 0.4) is 0 Å². The zero-order valence-electron chi connectivity index (χ0n) is 18.2. The standard InChI is InChI=1S/C22H25FN6O4/c1-12-11-33-7-6-29(12)20-16-9-28(22(31)32)10-18(16)26-19(27-20)15-5-4-14(8-17(15)23)25-21(30)24-13-2-3-13/h4-5,8,12-13H,2-3,6-7,9-11H2,1H3,(H,31,32)(H2,24,25,30). The lowest BCUT2D eigenvalue weighted by Crippen LogP contribution is -2.44. The lowest BCUT2D eigenvalue weighted by molar-refractivity contribution is 0.0983. The Balaban J connectivity index is 1.48. The Bertz CT molecular complexity index is 1110. The van der Waals surface area contributed by atoms with Crippen LogP contribution in [-0.2, 0) is 17.8 Å². The Morgan fingerprint density at radius 3 is 2.76 bits per heavy atom. The fourth-order valence-corrected chi connectivity index (χ4v) is 4.13. The van der Waals surface area contributed by atoms with E-state index in [2.05, 4.69) is 25.5 Å². The van der Waals surface area contributed by atoms with Crippen molar-refractivity contribution in [1.82, 2.24) is 20.2 Å². The molecule has 1 aromatic carbocycles.